The fourth-order valence-corrected chi connectivity index (χ4v) is 1.16. The number of hydrogen-bond donors (Lipinski definition) is 3. The van der Waals surface area contributed by atoms with Crippen LogP contribution in [-0.4, -0.2) is 41.0 Å². The van der Waals surface area contributed by atoms with Gasteiger partial charge in [0.15, 0.2) is 0 Å². The normalized spacial score (nSPS) is 32.6. The molecule has 0 aliphatic carbocycles. The van der Waals surface area contributed by atoms with Gasteiger partial charge in [0, 0.05) is 13.3 Å². The third-order valence-electron chi connectivity index (χ3n) is 1.90. The van der Waals surface area contributed by atoms with Crippen LogP contribution in [0, 0.1) is 6.61 Å². The molecule has 0 bridgehead atoms. The number of ether oxygens (including phenoxy) is 1. The number of amides is 1. The molecule has 1 fully saturated rings. The van der Waals surface area contributed by atoms with Gasteiger partial charge in [0.2, 0.25) is 5.91 Å². The van der Waals surface area contributed by atoms with Crippen LogP contribution in [0.2, 0.25) is 0 Å². The number of aliphatic hydroxyl groups is 2. The molecule has 81 valence electrons. The lowest BCUT2D eigenvalue weighted by molar-refractivity contribution is -0.174. The number of aliphatic hydroxyl groups excluding tert-OH is 2. The lowest BCUT2D eigenvalue weighted by atomic mass is 10.0. The Hall–Kier alpha value is -0.690. The van der Waals surface area contributed by atoms with Crippen LogP contribution in [0.3, 0.4) is 0 Å². The van der Waals surface area contributed by atoms with Crippen molar-refractivity contribution in [3.05, 3.63) is 6.61 Å². The minimum absolute atomic E-state index is 0.294. The van der Waals surface area contributed by atoms with Crippen LogP contribution >= 0.6 is 0 Å². The first kappa shape index (κ1) is 11.4. The minimum Gasteiger partial charge on any atom is -0.394 e. The maximum atomic E-state index is 10.5. The van der Waals surface area contributed by atoms with Gasteiger partial charge >= 0.3 is 0 Å². The van der Waals surface area contributed by atoms with Crippen LogP contribution in [0.1, 0.15) is 13.3 Å². The van der Waals surface area contributed by atoms with E-state index in [-0.39, 0.29) is 12.5 Å². The van der Waals surface area contributed by atoms with E-state index in [1.165, 1.54) is 13.5 Å². The Morgan fingerprint density at radius 1 is 1.79 bits per heavy atom. The van der Waals surface area contributed by atoms with Crippen molar-refractivity contribution in [1.29, 1.82) is 0 Å². The van der Waals surface area contributed by atoms with Gasteiger partial charge in [0.25, 0.3) is 0 Å². The lowest BCUT2D eigenvalue weighted by Crippen LogP contribution is -2.48. The first-order valence-corrected chi connectivity index (χ1v) is 4.33. The Balaban J connectivity index is 2.39. The molecule has 1 amide bonds. The molecule has 14 heavy (non-hydrogen) atoms. The zero-order valence-corrected chi connectivity index (χ0v) is 7.84. The summed E-state index contributed by atoms with van der Waals surface area (Å²) in [7, 11) is 0. The average molecular weight is 204 g/mol. The molecule has 0 spiro atoms. The summed E-state index contributed by atoms with van der Waals surface area (Å²) in [5, 5.41) is 18.4. The lowest BCUT2D eigenvalue weighted by Gasteiger charge is -2.32. The summed E-state index contributed by atoms with van der Waals surface area (Å²) in [6.45, 7) is 2.45. The number of hydroxylamine groups is 1. The van der Waals surface area contributed by atoms with Crippen LogP contribution < -0.4 is 5.48 Å². The average Bonchev–Trinajstić information content (AvgIpc) is 2.16. The Morgan fingerprint density at radius 3 is 3.07 bits per heavy atom. The summed E-state index contributed by atoms with van der Waals surface area (Å²) in [6.07, 6.45) is -1.86. The standard InChI is InChI=1S/C8H14NO5/c1-5(11)9-14-6-2-3-13-7(4-10)8(6)12/h3,6-8,10,12H,2,4H2,1H3,(H,9,11)/t6-,7-,8+/m1/s1. The highest BCUT2D eigenvalue weighted by Crippen LogP contribution is 2.19. The Morgan fingerprint density at radius 2 is 2.50 bits per heavy atom. The zero-order chi connectivity index (χ0) is 10.6. The predicted octanol–water partition coefficient (Wildman–Crippen LogP) is -1.27. The monoisotopic (exact) mass is 204 g/mol. The van der Waals surface area contributed by atoms with Gasteiger partial charge in [0.05, 0.1) is 13.2 Å². The molecule has 0 aromatic rings. The first-order valence-electron chi connectivity index (χ1n) is 4.33. The fourth-order valence-electron chi connectivity index (χ4n) is 1.16. The molecule has 6 nitrogen and oxygen atoms in total. The smallest absolute Gasteiger partial charge is 0.240 e. The van der Waals surface area contributed by atoms with Crippen molar-refractivity contribution in [1.82, 2.24) is 5.48 Å². The maximum Gasteiger partial charge on any atom is 0.240 e. The van der Waals surface area contributed by atoms with Gasteiger partial charge in [-0.2, -0.15) is 0 Å². The predicted molar refractivity (Wildman–Crippen MR) is 45.6 cm³/mol. The van der Waals surface area contributed by atoms with Gasteiger partial charge in [-0.05, 0) is 0 Å². The molecule has 0 unspecified atom stereocenters. The number of rotatable bonds is 3. The summed E-state index contributed by atoms with van der Waals surface area (Å²) < 4.78 is 4.96. The largest absolute Gasteiger partial charge is 0.394 e. The SMILES string of the molecule is CC(=O)NO[C@@H]1C[CH]O[C@H](CO)[C@H]1O. The van der Waals surface area contributed by atoms with E-state index >= 15 is 0 Å². The third-order valence-corrected chi connectivity index (χ3v) is 1.90. The van der Waals surface area contributed by atoms with Gasteiger partial charge in [-0.15, -0.1) is 0 Å². The Labute approximate surface area is 81.8 Å². The quantitative estimate of drug-likeness (QED) is 0.499. The summed E-state index contributed by atoms with van der Waals surface area (Å²) in [5.74, 6) is -0.343. The summed E-state index contributed by atoms with van der Waals surface area (Å²) in [5.41, 5.74) is 2.13. The molecular formula is C8H14NO5. The van der Waals surface area contributed by atoms with Crippen LogP contribution in [0.4, 0.5) is 0 Å². The van der Waals surface area contributed by atoms with Gasteiger partial charge in [-0.3, -0.25) is 9.63 Å². The highest BCUT2D eigenvalue weighted by molar-refractivity contribution is 5.71. The number of carbonyl (C=O) groups is 1. The van der Waals surface area contributed by atoms with Crippen LogP contribution in [0.25, 0.3) is 0 Å². The Kier molecular flexibility index (Phi) is 4.27. The van der Waals surface area contributed by atoms with Crippen molar-refractivity contribution in [3.8, 4) is 0 Å². The van der Waals surface area contributed by atoms with Gasteiger partial charge in [-0.25, -0.2) is 5.48 Å². The summed E-state index contributed by atoms with van der Waals surface area (Å²) in [4.78, 5) is 15.5. The fraction of sp³-hybridized carbons (Fsp3) is 0.750. The molecule has 3 atom stereocenters. The van der Waals surface area contributed by atoms with Crippen molar-refractivity contribution in [3.63, 3.8) is 0 Å². The second-order valence-electron chi connectivity index (χ2n) is 3.06. The summed E-state index contributed by atoms with van der Waals surface area (Å²) >= 11 is 0. The van der Waals surface area contributed by atoms with Crippen molar-refractivity contribution < 1.29 is 24.6 Å². The van der Waals surface area contributed by atoms with E-state index in [9.17, 15) is 9.90 Å². The molecular weight excluding hydrogens is 190 g/mol. The van der Waals surface area contributed by atoms with E-state index in [4.69, 9.17) is 14.7 Å². The van der Waals surface area contributed by atoms with E-state index in [1.54, 1.807) is 0 Å². The molecule has 1 aliphatic heterocycles. The highest BCUT2D eigenvalue weighted by atomic mass is 16.7. The van der Waals surface area contributed by atoms with Gasteiger partial charge in [0.1, 0.15) is 18.3 Å². The number of hydrogen-bond acceptors (Lipinski definition) is 5. The molecule has 0 saturated carbocycles. The second-order valence-corrected chi connectivity index (χ2v) is 3.06. The number of nitrogens with one attached hydrogen (secondary N) is 1. The topological polar surface area (TPSA) is 88.0 Å². The van der Waals surface area contributed by atoms with E-state index < -0.39 is 18.3 Å². The maximum absolute atomic E-state index is 10.5. The van der Waals surface area contributed by atoms with Crippen molar-refractivity contribution in [2.24, 2.45) is 0 Å². The molecule has 1 heterocycles. The van der Waals surface area contributed by atoms with E-state index in [0.29, 0.717) is 6.42 Å². The second kappa shape index (κ2) is 5.26. The molecule has 1 rings (SSSR count). The molecule has 0 aromatic carbocycles. The number of carbonyl (C=O) groups excluding carboxylic acids is 1. The molecule has 6 heteroatoms. The molecule has 1 saturated heterocycles. The molecule has 1 aliphatic rings. The van der Waals surface area contributed by atoms with E-state index in [0.717, 1.165) is 0 Å². The highest BCUT2D eigenvalue weighted by Gasteiger charge is 2.33. The zero-order valence-electron chi connectivity index (χ0n) is 7.84. The molecule has 1 radical (unpaired) electrons. The van der Waals surface area contributed by atoms with E-state index in [2.05, 4.69) is 5.48 Å². The van der Waals surface area contributed by atoms with Gasteiger partial charge in [-0.1, -0.05) is 0 Å². The molecule has 3 N–H and O–H groups in total. The minimum atomic E-state index is -0.947. The van der Waals surface area contributed by atoms with Crippen LogP contribution in [-0.2, 0) is 14.4 Å². The Bertz CT molecular complexity index is 198. The van der Waals surface area contributed by atoms with Crippen molar-refractivity contribution in [2.45, 2.75) is 31.7 Å². The third kappa shape index (κ3) is 2.91. The molecule has 0 aromatic heterocycles. The van der Waals surface area contributed by atoms with Crippen molar-refractivity contribution >= 4 is 5.91 Å². The first-order chi connectivity index (χ1) is 6.65. The van der Waals surface area contributed by atoms with Crippen LogP contribution in [0.5, 0.6) is 0 Å². The van der Waals surface area contributed by atoms with Crippen LogP contribution in [0.15, 0.2) is 0 Å². The van der Waals surface area contributed by atoms with E-state index in [1.807, 2.05) is 0 Å². The van der Waals surface area contributed by atoms with Crippen molar-refractivity contribution in [2.75, 3.05) is 6.61 Å². The van der Waals surface area contributed by atoms with Gasteiger partial charge < -0.3 is 14.9 Å². The summed E-state index contributed by atoms with van der Waals surface area (Å²) in [6, 6.07) is 0.